The summed E-state index contributed by atoms with van der Waals surface area (Å²) in [5, 5.41) is 5.47. The Morgan fingerprint density at radius 3 is 2.33 bits per heavy atom. The van der Waals surface area contributed by atoms with Gasteiger partial charge in [0.2, 0.25) is 11.8 Å². The number of amides is 2. The number of pyridine rings is 1. The average Bonchev–Trinajstić information content (AvgIpc) is 2.74. The molecule has 0 aliphatic heterocycles. The lowest BCUT2D eigenvalue weighted by atomic mass is 9.93. The predicted octanol–water partition coefficient (Wildman–Crippen LogP) is 3.34. The molecule has 1 aliphatic rings. The third-order valence-corrected chi connectivity index (χ3v) is 4.84. The van der Waals surface area contributed by atoms with Crippen LogP contribution in [-0.4, -0.2) is 35.5 Å². The fourth-order valence-corrected chi connectivity index (χ4v) is 3.24. The first kappa shape index (κ1) is 21.6. The summed E-state index contributed by atoms with van der Waals surface area (Å²) < 4.78 is 43.4. The summed E-state index contributed by atoms with van der Waals surface area (Å²) in [6.45, 7) is -0.111. The zero-order valence-electron chi connectivity index (χ0n) is 16.1. The molecule has 1 aromatic heterocycles. The van der Waals surface area contributed by atoms with E-state index in [-0.39, 0.29) is 36.4 Å². The van der Waals surface area contributed by atoms with E-state index >= 15 is 0 Å². The number of hydrogen-bond donors (Lipinski definition) is 2. The number of hydrogen-bond acceptors (Lipinski definition) is 4. The van der Waals surface area contributed by atoms with Gasteiger partial charge >= 0.3 is 6.18 Å². The van der Waals surface area contributed by atoms with Crippen molar-refractivity contribution in [2.24, 2.45) is 0 Å². The molecule has 1 heterocycles. The first-order valence-electron chi connectivity index (χ1n) is 9.64. The first-order chi connectivity index (χ1) is 14.3. The molecule has 0 atom stereocenters. The van der Waals surface area contributed by atoms with E-state index < -0.39 is 11.7 Å². The van der Waals surface area contributed by atoms with Crippen LogP contribution < -0.4 is 15.4 Å². The predicted molar refractivity (Wildman–Crippen MR) is 103 cm³/mol. The van der Waals surface area contributed by atoms with Gasteiger partial charge < -0.3 is 15.4 Å². The Morgan fingerprint density at radius 1 is 1.03 bits per heavy atom. The Balaban J connectivity index is 1.38. The number of alkyl halides is 3. The number of rotatable bonds is 6. The molecule has 2 amide bonds. The fourth-order valence-electron chi connectivity index (χ4n) is 3.24. The second-order valence-corrected chi connectivity index (χ2v) is 7.09. The number of aromatic nitrogens is 1. The molecule has 30 heavy (non-hydrogen) atoms. The third-order valence-electron chi connectivity index (χ3n) is 4.84. The van der Waals surface area contributed by atoms with Gasteiger partial charge in [-0.25, -0.2) is 4.98 Å². The zero-order valence-corrected chi connectivity index (χ0v) is 16.1. The summed E-state index contributed by atoms with van der Waals surface area (Å²) in [5.41, 5.74) is -0.333. The molecule has 2 N–H and O–H groups in total. The van der Waals surface area contributed by atoms with Crippen molar-refractivity contribution in [3.63, 3.8) is 0 Å². The number of carbonyl (C=O) groups is 2. The van der Waals surface area contributed by atoms with E-state index in [0.717, 1.165) is 12.3 Å². The standard InChI is InChI=1S/C21H22F3N3O3/c22-21(23,24)15-6-11-19(25-12-15)30-17-9-7-16(8-10-17)27-18(28)13-26-20(29)14-4-2-1-3-5-14/h1-6,11-12,16-17H,7-10,13H2,(H,26,29)(H,27,28). The van der Waals surface area contributed by atoms with Gasteiger partial charge in [0.05, 0.1) is 12.1 Å². The van der Waals surface area contributed by atoms with E-state index in [9.17, 15) is 22.8 Å². The maximum absolute atomic E-state index is 12.6. The van der Waals surface area contributed by atoms with E-state index in [1.54, 1.807) is 30.3 Å². The second kappa shape index (κ2) is 9.60. The topological polar surface area (TPSA) is 80.3 Å². The minimum Gasteiger partial charge on any atom is -0.474 e. The van der Waals surface area contributed by atoms with Crippen molar-refractivity contribution in [2.45, 2.75) is 44.0 Å². The number of nitrogens with zero attached hydrogens (tertiary/aromatic N) is 1. The lowest BCUT2D eigenvalue weighted by Gasteiger charge is -2.29. The van der Waals surface area contributed by atoms with Gasteiger partial charge in [0, 0.05) is 23.9 Å². The molecule has 1 saturated carbocycles. The second-order valence-electron chi connectivity index (χ2n) is 7.09. The van der Waals surface area contributed by atoms with E-state index in [4.69, 9.17) is 4.74 Å². The molecule has 1 aliphatic carbocycles. The van der Waals surface area contributed by atoms with Crippen LogP contribution in [0.2, 0.25) is 0 Å². The van der Waals surface area contributed by atoms with Crippen LogP contribution >= 0.6 is 0 Å². The van der Waals surface area contributed by atoms with Crippen LogP contribution in [0.25, 0.3) is 0 Å². The monoisotopic (exact) mass is 421 g/mol. The first-order valence-corrected chi connectivity index (χ1v) is 9.64. The highest BCUT2D eigenvalue weighted by molar-refractivity contribution is 5.96. The molecule has 0 radical (unpaired) electrons. The van der Waals surface area contributed by atoms with Gasteiger partial charge in [-0.15, -0.1) is 0 Å². The van der Waals surface area contributed by atoms with Crippen LogP contribution in [0.1, 0.15) is 41.6 Å². The van der Waals surface area contributed by atoms with E-state index in [0.29, 0.717) is 31.2 Å². The molecule has 9 heteroatoms. The van der Waals surface area contributed by atoms with Crippen molar-refractivity contribution in [1.29, 1.82) is 0 Å². The van der Waals surface area contributed by atoms with Gasteiger partial charge in [0.25, 0.3) is 5.91 Å². The van der Waals surface area contributed by atoms with Crippen molar-refractivity contribution in [1.82, 2.24) is 15.6 Å². The number of ether oxygens (including phenoxy) is 1. The highest BCUT2D eigenvalue weighted by Crippen LogP contribution is 2.30. The largest absolute Gasteiger partial charge is 0.474 e. The molecule has 1 fully saturated rings. The van der Waals surface area contributed by atoms with Crippen molar-refractivity contribution in [3.8, 4) is 5.88 Å². The quantitative estimate of drug-likeness (QED) is 0.750. The van der Waals surface area contributed by atoms with Gasteiger partial charge in [-0.3, -0.25) is 9.59 Å². The summed E-state index contributed by atoms with van der Waals surface area (Å²) in [5.74, 6) is -0.431. The zero-order chi connectivity index (χ0) is 21.6. The Kier molecular flexibility index (Phi) is 6.91. The summed E-state index contributed by atoms with van der Waals surface area (Å²) in [7, 11) is 0. The van der Waals surface area contributed by atoms with Crippen LogP contribution in [0.5, 0.6) is 5.88 Å². The molecule has 160 valence electrons. The highest BCUT2D eigenvalue weighted by Gasteiger charge is 2.31. The Labute approximate surface area is 171 Å². The molecule has 3 rings (SSSR count). The number of nitrogens with one attached hydrogen (secondary N) is 2. The van der Waals surface area contributed by atoms with Gasteiger partial charge in [-0.05, 0) is 43.9 Å². The van der Waals surface area contributed by atoms with Crippen molar-refractivity contribution in [3.05, 3.63) is 59.8 Å². The molecule has 0 saturated heterocycles. The summed E-state index contributed by atoms with van der Waals surface area (Å²) in [4.78, 5) is 27.8. The van der Waals surface area contributed by atoms with Gasteiger partial charge in [-0.2, -0.15) is 13.2 Å². The number of benzene rings is 1. The molecule has 0 spiro atoms. The molecule has 2 aromatic rings. The van der Waals surface area contributed by atoms with E-state index in [2.05, 4.69) is 15.6 Å². The molecule has 0 bridgehead atoms. The lowest BCUT2D eigenvalue weighted by molar-refractivity contribution is -0.137. The summed E-state index contributed by atoms with van der Waals surface area (Å²) in [6.07, 6.45) is -1.21. The van der Waals surface area contributed by atoms with Crippen LogP contribution in [0, 0.1) is 0 Å². The third kappa shape index (κ3) is 6.20. The van der Waals surface area contributed by atoms with Crippen LogP contribution in [0.3, 0.4) is 0 Å². The molecular formula is C21H22F3N3O3. The molecule has 6 nitrogen and oxygen atoms in total. The fraction of sp³-hybridized carbons (Fsp3) is 0.381. The SMILES string of the molecule is O=C(CNC(=O)c1ccccc1)NC1CCC(Oc2ccc(C(F)(F)F)cn2)CC1. The minimum atomic E-state index is -4.43. The van der Waals surface area contributed by atoms with Crippen molar-refractivity contribution in [2.75, 3.05) is 6.54 Å². The number of carbonyl (C=O) groups excluding carboxylic acids is 2. The maximum atomic E-state index is 12.6. The van der Waals surface area contributed by atoms with E-state index in [1.165, 1.54) is 6.07 Å². The highest BCUT2D eigenvalue weighted by atomic mass is 19.4. The van der Waals surface area contributed by atoms with E-state index in [1.807, 2.05) is 0 Å². The van der Waals surface area contributed by atoms with Gasteiger partial charge in [-0.1, -0.05) is 18.2 Å². The van der Waals surface area contributed by atoms with Crippen LogP contribution in [-0.2, 0) is 11.0 Å². The molecule has 1 aromatic carbocycles. The Morgan fingerprint density at radius 2 is 1.73 bits per heavy atom. The molecule has 0 unspecified atom stereocenters. The van der Waals surface area contributed by atoms with Crippen LogP contribution in [0.4, 0.5) is 13.2 Å². The normalized spacial score (nSPS) is 19.0. The van der Waals surface area contributed by atoms with Gasteiger partial charge in [0.1, 0.15) is 6.10 Å². The average molecular weight is 421 g/mol. The van der Waals surface area contributed by atoms with Crippen molar-refractivity contribution < 1.29 is 27.5 Å². The van der Waals surface area contributed by atoms with Crippen molar-refractivity contribution >= 4 is 11.8 Å². The summed E-state index contributed by atoms with van der Waals surface area (Å²) in [6, 6.07) is 10.7. The Hall–Kier alpha value is -3.10. The summed E-state index contributed by atoms with van der Waals surface area (Å²) >= 11 is 0. The van der Waals surface area contributed by atoms with Crippen LogP contribution in [0.15, 0.2) is 48.7 Å². The van der Waals surface area contributed by atoms with Gasteiger partial charge in [0.15, 0.2) is 0 Å². The Bertz CT molecular complexity index is 849. The minimum absolute atomic E-state index is 0.0356. The smallest absolute Gasteiger partial charge is 0.417 e. The number of halogens is 3. The molecular weight excluding hydrogens is 399 g/mol. The maximum Gasteiger partial charge on any atom is 0.417 e. The lowest BCUT2D eigenvalue weighted by Crippen LogP contribution is -2.44.